The number of nitrogens with one attached hydrogen (secondary N) is 1. The number of para-hydroxylation sites is 1. The predicted molar refractivity (Wildman–Crippen MR) is 90.8 cm³/mol. The predicted octanol–water partition coefficient (Wildman–Crippen LogP) is 1.96. The summed E-state index contributed by atoms with van der Waals surface area (Å²) in [5.41, 5.74) is 0.680. The summed E-state index contributed by atoms with van der Waals surface area (Å²) in [6.07, 6.45) is 0.908. The van der Waals surface area contributed by atoms with Crippen molar-refractivity contribution in [2.24, 2.45) is 5.92 Å². The zero-order valence-electron chi connectivity index (χ0n) is 13.3. The molecule has 24 heavy (non-hydrogen) atoms. The molecule has 1 fully saturated rings. The Morgan fingerprint density at radius 2 is 2.25 bits per heavy atom. The Kier molecular flexibility index (Phi) is 4.97. The lowest BCUT2D eigenvalue weighted by molar-refractivity contribution is 0.0937. The summed E-state index contributed by atoms with van der Waals surface area (Å²) in [6, 6.07) is 8.53. The molecule has 0 aliphatic carbocycles. The van der Waals surface area contributed by atoms with Gasteiger partial charge in [0.25, 0.3) is 5.91 Å². The Morgan fingerprint density at radius 1 is 1.46 bits per heavy atom. The molecule has 0 spiro atoms. The maximum Gasteiger partial charge on any atom is 0.275 e. The van der Waals surface area contributed by atoms with Crippen LogP contribution in [-0.2, 0) is 4.74 Å². The van der Waals surface area contributed by atoms with Gasteiger partial charge in [-0.15, -0.1) is 0 Å². The number of aromatic nitrogens is 2. The van der Waals surface area contributed by atoms with Crippen LogP contribution in [0, 0.1) is 12.8 Å². The van der Waals surface area contributed by atoms with E-state index in [0.29, 0.717) is 36.2 Å². The normalized spacial score (nSPS) is 17.0. The van der Waals surface area contributed by atoms with Gasteiger partial charge in [-0.1, -0.05) is 23.7 Å². The fraction of sp³-hybridized carbons (Fsp3) is 0.353. The van der Waals surface area contributed by atoms with Crippen LogP contribution in [-0.4, -0.2) is 35.4 Å². The third-order valence-corrected chi connectivity index (χ3v) is 4.30. The molecular weight excluding hydrogens is 330 g/mol. The van der Waals surface area contributed by atoms with Gasteiger partial charge in [-0.05, 0) is 25.5 Å². The summed E-state index contributed by atoms with van der Waals surface area (Å²) < 4.78 is 6.79. The number of halogens is 1. The van der Waals surface area contributed by atoms with Gasteiger partial charge in [0, 0.05) is 30.8 Å². The number of nitrogens with zero attached hydrogens (tertiary/aromatic N) is 2. The van der Waals surface area contributed by atoms with Gasteiger partial charge >= 0.3 is 0 Å². The van der Waals surface area contributed by atoms with Crippen LogP contribution in [0.2, 0.25) is 5.02 Å². The number of amides is 1. The Labute approximate surface area is 144 Å². The maximum atomic E-state index is 12.3. The lowest BCUT2D eigenvalue weighted by Crippen LogP contribution is -2.35. The molecule has 0 bridgehead atoms. The third kappa shape index (κ3) is 3.49. The van der Waals surface area contributed by atoms with Crippen LogP contribution >= 0.6 is 11.6 Å². The molecule has 2 aromatic rings. The van der Waals surface area contributed by atoms with Crippen LogP contribution in [0.1, 0.15) is 22.6 Å². The molecule has 2 heterocycles. The molecule has 1 saturated heterocycles. The number of ether oxygens (including phenoxy) is 1. The Hall–Kier alpha value is -2.18. The van der Waals surface area contributed by atoms with Gasteiger partial charge < -0.3 is 10.1 Å². The van der Waals surface area contributed by atoms with Crippen LogP contribution in [0.3, 0.4) is 0 Å². The van der Waals surface area contributed by atoms with E-state index in [1.807, 2.05) is 6.07 Å². The molecule has 7 heteroatoms. The van der Waals surface area contributed by atoms with Crippen molar-refractivity contribution >= 4 is 17.5 Å². The monoisotopic (exact) mass is 347 g/mol. The molecule has 1 aliphatic rings. The maximum absolute atomic E-state index is 12.3. The van der Waals surface area contributed by atoms with Crippen molar-refractivity contribution < 1.29 is 9.53 Å². The highest BCUT2D eigenvalue weighted by molar-refractivity contribution is 6.32. The average molecular weight is 348 g/mol. The van der Waals surface area contributed by atoms with Crippen LogP contribution < -0.4 is 10.7 Å². The van der Waals surface area contributed by atoms with Crippen molar-refractivity contribution in [1.29, 1.82) is 0 Å². The highest BCUT2D eigenvalue weighted by Gasteiger charge is 2.20. The molecule has 3 rings (SSSR count). The van der Waals surface area contributed by atoms with E-state index in [9.17, 15) is 9.59 Å². The largest absolute Gasteiger partial charge is 0.381 e. The lowest BCUT2D eigenvalue weighted by atomic mass is 10.1. The van der Waals surface area contributed by atoms with Crippen LogP contribution in [0.25, 0.3) is 5.69 Å². The van der Waals surface area contributed by atoms with Gasteiger partial charge in [-0.3, -0.25) is 9.59 Å². The average Bonchev–Trinajstić information content (AvgIpc) is 3.07. The van der Waals surface area contributed by atoms with E-state index in [0.717, 1.165) is 6.42 Å². The fourth-order valence-corrected chi connectivity index (χ4v) is 2.85. The van der Waals surface area contributed by atoms with Crippen LogP contribution in [0.4, 0.5) is 0 Å². The van der Waals surface area contributed by atoms with E-state index in [2.05, 4.69) is 10.4 Å². The van der Waals surface area contributed by atoms with Gasteiger partial charge in [0.2, 0.25) is 5.43 Å². The minimum absolute atomic E-state index is 0.139. The molecule has 1 aliphatic heterocycles. The zero-order valence-corrected chi connectivity index (χ0v) is 14.0. The fourth-order valence-electron chi connectivity index (χ4n) is 2.64. The molecule has 0 saturated carbocycles. The van der Waals surface area contributed by atoms with E-state index in [1.165, 1.54) is 10.7 Å². The first-order chi connectivity index (χ1) is 11.6. The number of benzene rings is 1. The quantitative estimate of drug-likeness (QED) is 0.917. The van der Waals surface area contributed by atoms with Gasteiger partial charge in [-0.2, -0.15) is 5.10 Å². The van der Waals surface area contributed by atoms with Crippen LogP contribution in [0.5, 0.6) is 0 Å². The molecular formula is C17H18ClN3O3. The zero-order chi connectivity index (χ0) is 17.1. The van der Waals surface area contributed by atoms with E-state index in [1.54, 1.807) is 25.1 Å². The second kappa shape index (κ2) is 7.15. The van der Waals surface area contributed by atoms with Crippen molar-refractivity contribution in [3.05, 3.63) is 57.0 Å². The summed E-state index contributed by atoms with van der Waals surface area (Å²) in [5.74, 6) is -0.196. The lowest BCUT2D eigenvalue weighted by Gasteiger charge is -2.13. The Morgan fingerprint density at radius 3 is 2.96 bits per heavy atom. The number of hydrogen-bond acceptors (Lipinski definition) is 4. The summed E-state index contributed by atoms with van der Waals surface area (Å²) in [7, 11) is 0. The number of aryl methyl sites for hydroxylation is 1. The first-order valence-corrected chi connectivity index (χ1v) is 8.16. The molecule has 1 unspecified atom stereocenters. The second-order valence-corrected chi connectivity index (χ2v) is 6.21. The topological polar surface area (TPSA) is 73.2 Å². The first-order valence-electron chi connectivity index (χ1n) is 7.78. The van der Waals surface area contributed by atoms with Crippen molar-refractivity contribution in [2.75, 3.05) is 19.8 Å². The van der Waals surface area contributed by atoms with E-state index in [-0.39, 0.29) is 11.6 Å². The van der Waals surface area contributed by atoms with Crippen molar-refractivity contribution in [3.8, 4) is 5.69 Å². The first kappa shape index (κ1) is 16.7. The third-order valence-electron chi connectivity index (χ3n) is 3.98. The number of carbonyl (C=O) groups excluding carboxylic acids is 1. The number of rotatable bonds is 4. The molecule has 6 nitrogen and oxygen atoms in total. The highest BCUT2D eigenvalue weighted by Crippen LogP contribution is 2.19. The van der Waals surface area contributed by atoms with Crippen molar-refractivity contribution in [2.45, 2.75) is 13.3 Å². The summed E-state index contributed by atoms with van der Waals surface area (Å²) in [6.45, 7) is 3.56. The Balaban J connectivity index is 1.88. The summed E-state index contributed by atoms with van der Waals surface area (Å²) >= 11 is 6.20. The van der Waals surface area contributed by atoms with E-state index in [4.69, 9.17) is 16.3 Å². The number of carbonyl (C=O) groups is 1. The van der Waals surface area contributed by atoms with Gasteiger partial charge in [0.05, 0.1) is 17.3 Å². The minimum atomic E-state index is -0.479. The summed E-state index contributed by atoms with van der Waals surface area (Å²) in [4.78, 5) is 24.5. The van der Waals surface area contributed by atoms with Gasteiger partial charge in [0.15, 0.2) is 5.69 Å². The Bertz CT molecular complexity index is 813. The highest BCUT2D eigenvalue weighted by atomic mass is 35.5. The molecule has 126 valence electrons. The minimum Gasteiger partial charge on any atom is -0.381 e. The van der Waals surface area contributed by atoms with Gasteiger partial charge in [-0.25, -0.2) is 4.68 Å². The molecule has 1 aromatic heterocycles. The number of hydrogen-bond donors (Lipinski definition) is 1. The van der Waals surface area contributed by atoms with Crippen LogP contribution in [0.15, 0.2) is 35.1 Å². The standard InChI is InChI=1S/C17H18ClN3O3/c1-11-8-15(22)16(17(23)19-9-12-6-7-24-10-12)20-21(11)14-5-3-2-4-13(14)18/h2-5,8,12H,6-7,9-10H2,1H3,(H,19,23). The van der Waals surface area contributed by atoms with Crippen molar-refractivity contribution in [1.82, 2.24) is 15.1 Å². The molecule has 1 aromatic carbocycles. The molecule has 0 radical (unpaired) electrons. The smallest absolute Gasteiger partial charge is 0.275 e. The van der Waals surface area contributed by atoms with Crippen molar-refractivity contribution in [3.63, 3.8) is 0 Å². The summed E-state index contributed by atoms with van der Waals surface area (Å²) in [5, 5.41) is 7.48. The van der Waals surface area contributed by atoms with E-state index < -0.39 is 11.3 Å². The molecule has 1 atom stereocenters. The molecule has 1 amide bonds. The second-order valence-electron chi connectivity index (χ2n) is 5.80. The SMILES string of the molecule is Cc1cc(=O)c(C(=O)NCC2CCOC2)nn1-c1ccccc1Cl. The molecule has 1 N–H and O–H groups in total. The van der Waals surface area contributed by atoms with Gasteiger partial charge in [0.1, 0.15) is 0 Å². The van der Waals surface area contributed by atoms with E-state index >= 15 is 0 Å².